The largest absolute Gasteiger partial charge is 0.508 e. The number of phenolic OH excluding ortho intramolecular Hbond substituents is 9. The van der Waals surface area contributed by atoms with Crippen LogP contribution in [0.1, 0.15) is 204 Å². The van der Waals surface area contributed by atoms with Crippen LogP contribution < -0.4 is 9.47 Å². The van der Waals surface area contributed by atoms with E-state index in [1.165, 1.54) is 87.0 Å². The molecule has 0 spiro atoms. The molecule has 0 heterocycles. The van der Waals surface area contributed by atoms with Crippen LogP contribution in [0.2, 0.25) is 0 Å². The van der Waals surface area contributed by atoms with Gasteiger partial charge in [0.15, 0.2) is 23.0 Å². The molecule has 520 valence electrons. The van der Waals surface area contributed by atoms with Crippen LogP contribution in [-0.2, 0) is 27.1 Å². The normalized spacial score (nSPS) is 10.9. The van der Waals surface area contributed by atoms with Crippen LogP contribution in [0.4, 0.5) is 0 Å². The monoisotopic (exact) mass is 1340 g/mol. The molecule has 0 aromatic heterocycles. The molecule has 0 amide bonds. The molecule has 0 unspecified atom stereocenters. The van der Waals surface area contributed by atoms with Crippen molar-refractivity contribution in [2.45, 2.75) is 131 Å². The van der Waals surface area contributed by atoms with Gasteiger partial charge in [0.2, 0.25) is 5.75 Å². The minimum atomic E-state index is -1.23. The second-order valence-electron chi connectivity index (χ2n) is 26.1. The number of rotatable bonds is 9. The lowest BCUT2D eigenvalue weighted by atomic mass is 9.83. The van der Waals surface area contributed by atoms with Gasteiger partial charge in [-0.25, -0.2) is 33.6 Å². The Labute approximate surface area is 554 Å². The molecule has 7 aromatic rings. The second-order valence-corrected chi connectivity index (χ2v) is 26.1. The topological polar surface area (TPSA) is 462 Å². The standard InChI is InChI=1S/5C11H14O3.2C8H8O5/c1-11(2,3)8-4-7(10(13)14)5-9(12)6-8;1-11(2,3)8-6-7(10(13)14)4-5-9(8)12;2*1-11(2,3)9-6-7(12)4-5-8(9)10(13)14;1-11(2,3)8-5-4-7(10(13)14)6-9(8)12;1-13-7-3-6(10)5(9)2-4(7)8(11)12;1-13-7-4(8(11)12)2-3-5(9)6(7)10/h5*4-6,12H,1-3H3,(H,13,14);2*2-3,9-10H,1H3,(H,11,12). The van der Waals surface area contributed by atoms with Gasteiger partial charge in [0, 0.05) is 17.7 Å². The Morgan fingerprint density at radius 3 is 1.03 bits per heavy atom. The Kier molecular flexibility index (Phi) is 29.3. The van der Waals surface area contributed by atoms with E-state index in [1.807, 2.05) is 104 Å². The van der Waals surface area contributed by atoms with E-state index in [-0.39, 0.29) is 106 Å². The van der Waals surface area contributed by atoms with E-state index in [0.717, 1.165) is 35.4 Å². The molecule has 16 N–H and O–H groups in total. The van der Waals surface area contributed by atoms with Crippen molar-refractivity contribution in [1.82, 2.24) is 0 Å². The van der Waals surface area contributed by atoms with Crippen LogP contribution in [0, 0.1) is 0 Å². The number of hydrogen-bond acceptors (Lipinski definition) is 18. The molecule has 0 saturated heterocycles. The number of aromatic carboxylic acids is 7. The summed E-state index contributed by atoms with van der Waals surface area (Å²) >= 11 is 0. The van der Waals surface area contributed by atoms with Crippen molar-refractivity contribution in [2.75, 3.05) is 14.2 Å². The van der Waals surface area contributed by atoms with Gasteiger partial charge in [-0.15, -0.1) is 0 Å². The second kappa shape index (κ2) is 34.0. The number of carboxylic acids is 7. The molecule has 25 heteroatoms. The van der Waals surface area contributed by atoms with E-state index in [9.17, 15) is 64.2 Å². The van der Waals surface area contributed by atoms with Gasteiger partial charge in [-0.05, 0) is 146 Å². The van der Waals surface area contributed by atoms with Gasteiger partial charge in [0.25, 0.3) is 0 Å². The molecule has 7 rings (SSSR count). The molecular formula is C71H86O25. The average molecular weight is 1340 g/mol. The third kappa shape index (κ3) is 25.3. The summed E-state index contributed by atoms with van der Waals surface area (Å²) in [6, 6.07) is 26.0. The fourth-order valence-electron chi connectivity index (χ4n) is 8.24. The van der Waals surface area contributed by atoms with E-state index < -0.39 is 64.8 Å². The Hall–Kier alpha value is -11.4. The number of benzene rings is 7. The fourth-order valence-corrected chi connectivity index (χ4v) is 8.24. The summed E-state index contributed by atoms with van der Waals surface area (Å²) < 4.78 is 9.32. The molecule has 25 nitrogen and oxygen atoms in total. The predicted molar refractivity (Wildman–Crippen MR) is 355 cm³/mol. The van der Waals surface area contributed by atoms with Crippen molar-refractivity contribution in [2.24, 2.45) is 0 Å². The van der Waals surface area contributed by atoms with Gasteiger partial charge in [0.05, 0.1) is 42.0 Å². The summed E-state index contributed by atoms with van der Waals surface area (Å²) in [4.78, 5) is 75.0. The number of ether oxygens (including phenoxy) is 2. The average Bonchev–Trinajstić information content (AvgIpc) is 0.869. The van der Waals surface area contributed by atoms with Crippen LogP contribution in [0.15, 0.2) is 115 Å². The van der Waals surface area contributed by atoms with E-state index in [0.29, 0.717) is 16.7 Å². The molecule has 0 saturated carbocycles. The third-order valence-corrected chi connectivity index (χ3v) is 13.3. The number of carbonyl (C=O) groups is 7. The summed E-state index contributed by atoms with van der Waals surface area (Å²) in [7, 11) is 2.49. The summed E-state index contributed by atoms with van der Waals surface area (Å²) in [5.74, 6) is -9.17. The molecule has 0 fully saturated rings. The highest BCUT2D eigenvalue weighted by Crippen LogP contribution is 2.39. The van der Waals surface area contributed by atoms with E-state index >= 15 is 0 Å². The van der Waals surface area contributed by atoms with Crippen molar-refractivity contribution < 1.29 is 125 Å². The lowest BCUT2D eigenvalue weighted by molar-refractivity contribution is 0.0681. The van der Waals surface area contributed by atoms with Crippen molar-refractivity contribution in [3.63, 3.8) is 0 Å². The lowest BCUT2D eigenvalue weighted by Crippen LogP contribution is -2.16. The molecule has 0 aliphatic heterocycles. The smallest absolute Gasteiger partial charge is 0.339 e. The maximum Gasteiger partial charge on any atom is 0.339 e. The first kappa shape index (κ1) is 82.6. The summed E-state index contributed by atoms with van der Waals surface area (Å²) in [6.45, 7) is 29.0. The molecule has 0 aliphatic carbocycles. The van der Waals surface area contributed by atoms with Crippen molar-refractivity contribution in [3.05, 3.63) is 182 Å². The van der Waals surface area contributed by atoms with Gasteiger partial charge in [-0.2, -0.15) is 0 Å². The van der Waals surface area contributed by atoms with Crippen LogP contribution in [-0.4, -0.2) is 138 Å². The van der Waals surface area contributed by atoms with E-state index in [1.54, 1.807) is 18.2 Å². The molecule has 7 aromatic carbocycles. The number of carboxylic acid groups (broad SMARTS) is 7. The van der Waals surface area contributed by atoms with Crippen LogP contribution in [0.3, 0.4) is 0 Å². The zero-order valence-corrected chi connectivity index (χ0v) is 56.3. The molecule has 96 heavy (non-hydrogen) atoms. The lowest BCUT2D eigenvalue weighted by Gasteiger charge is -2.21. The Morgan fingerprint density at radius 1 is 0.281 bits per heavy atom. The molecular weight excluding hydrogens is 1250 g/mol. The predicted octanol–water partition coefficient (Wildman–Crippen LogP) is 13.5. The highest BCUT2D eigenvalue weighted by atomic mass is 16.5. The summed E-state index contributed by atoms with van der Waals surface area (Å²) in [5.41, 5.74) is 2.86. The highest BCUT2D eigenvalue weighted by Gasteiger charge is 2.25. The van der Waals surface area contributed by atoms with Gasteiger partial charge in [0.1, 0.15) is 45.6 Å². The minimum absolute atomic E-state index is 0.00259. The first-order valence-electron chi connectivity index (χ1n) is 28.7. The van der Waals surface area contributed by atoms with Crippen LogP contribution in [0.5, 0.6) is 63.2 Å². The molecule has 0 atom stereocenters. The number of phenols is 9. The Bertz CT molecular complexity index is 3830. The minimum Gasteiger partial charge on any atom is -0.508 e. The number of methoxy groups -OCH3 is 2. The first-order chi connectivity index (χ1) is 43.7. The summed E-state index contributed by atoms with van der Waals surface area (Å²) in [6.07, 6.45) is 0. The van der Waals surface area contributed by atoms with Crippen LogP contribution >= 0.6 is 0 Å². The van der Waals surface area contributed by atoms with Crippen LogP contribution in [0.25, 0.3) is 0 Å². The quantitative estimate of drug-likeness (QED) is 0.0597. The van der Waals surface area contributed by atoms with Gasteiger partial charge in [-0.1, -0.05) is 110 Å². The fraction of sp³-hybridized carbons (Fsp3) is 0.310. The maximum absolute atomic E-state index is 10.9. The van der Waals surface area contributed by atoms with Gasteiger partial charge >= 0.3 is 41.8 Å². The maximum atomic E-state index is 10.9. The zero-order chi connectivity index (χ0) is 74.7. The van der Waals surface area contributed by atoms with E-state index in [4.69, 9.17) is 55.8 Å². The zero-order valence-electron chi connectivity index (χ0n) is 56.3. The molecule has 0 radical (unpaired) electrons. The van der Waals surface area contributed by atoms with Gasteiger partial charge in [-0.3, -0.25) is 0 Å². The van der Waals surface area contributed by atoms with Crippen molar-refractivity contribution >= 4 is 41.8 Å². The Balaban J connectivity index is 0.000000560. The number of aromatic hydroxyl groups is 9. The highest BCUT2D eigenvalue weighted by molar-refractivity contribution is 5.94. The van der Waals surface area contributed by atoms with Crippen molar-refractivity contribution in [1.29, 1.82) is 0 Å². The molecule has 0 bridgehead atoms. The third-order valence-electron chi connectivity index (χ3n) is 13.3. The first-order valence-corrected chi connectivity index (χ1v) is 28.7. The molecule has 0 aliphatic rings. The SMILES string of the molecule is CC(C)(C)c1cc(C(=O)O)ccc1O.CC(C)(C)c1cc(O)cc(C(=O)O)c1.CC(C)(C)c1cc(O)ccc1C(=O)O.CC(C)(C)c1cc(O)ccc1C(=O)O.CC(C)(C)c1ccc(C(=O)O)cc1O.COc1c(C(=O)O)ccc(O)c1O.COc1cc(O)c(O)cc1C(=O)O. The van der Waals surface area contributed by atoms with Gasteiger partial charge < -0.3 is 91.2 Å². The van der Waals surface area contributed by atoms with Crippen molar-refractivity contribution in [3.8, 4) is 63.2 Å². The Morgan fingerprint density at radius 2 is 0.667 bits per heavy atom. The number of hydrogen-bond donors (Lipinski definition) is 16. The van der Waals surface area contributed by atoms with E-state index in [2.05, 4.69) is 4.74 Å². The summed E-state index contributed by atoms with van der Waals surface area (Å²) in [5, 5.41) is 145.